The van der Waals surface area contributed by atoms with Gasteiger partial charge < -0.3 is 15.2 Å². The number of amides is 1. The fourth-order valence-corrected chi connectivity index (χ4v) is 4.58. The molecule has 150 valence electrons. The molecule has 0 radical (unpaired) electrons. The number of carboxylic acids is 1. The third kappa shape index (κ3) is 5.06. The SMILES string of the molecule is CC(C)[C@@H](NC(=O)c1ccc(S(=O)(=O)N2C[C@@H](C)O[C@H](C)C2)cc1)C(=O)O. The van der Waals surface area contributed by atoms with Gasteiger partial charge in [-0.2, -0.15) is 4.31 Å². The number of morpholine rings is 1. The summed E-state index contributed by atoms with van der Waals surface area (Å²) in [6.07, 6.45) is -0.393. The van der Waals surface area contributed by atoms with Crippen LogP contribution in [0.25, 0.3) is 0 Å². The van der Waals surface area contributed by atoms with Crippen LogP contribution in [0, 0.1) is 5.92 Å². The topological polar surface area (TPSA) is 113 Å². The van der Waals surface area contributed by atoms with Crippen LogP contribution in [0.4, 0.5) is 0 Å². The highest BCUT2D eigenvalue weighted by atomic mass is 32.2. The van der Waals surface area contributed by atoms with Gasteiger partial charge in [0.25, 0.3) is 5.91 Å². The summed E-state index contributed by atoms with van der Waals surface area (Å²) < 4.78 is 32.6. The highest BCUT2D eigenvalue weighted by molar-refractivity contribution is 7.89. The molecule has 2 rings (SSSR count). The molecule has 1 aromatic rings. The summed E-state index contributed by atoms with van der Waals surface area (Å²) in [5.74, 6) is -1.96. The van der Waals surface area contributed by atoms with E-state index in [2.05, 4.69) is 5.32 Å². The molecule has 8 nitrogen and oxygen atoms in total. The summed E-state index contributed by atoms with van der Waals surface area (Å²) in [4.78, 5) is 23.6. The summed E-state index contributed by atoms with van der Waals surface area (Å²) in [5.41, 5.74) is 0.199. The Morgan fingerprint density at radius 2 is 1.67 bits per heavy atom. The Bertz CT molecular complexity index is 781. The summed E-state index contributed by atoms with van der Waals surface area (Å²) in [6.45, 7) is 7.56. The minimum absolute atomic E-state index is 0.0824. The maximum atomic E-state index is 12.8. The average Bonchev–Trinajstić information content (AvgIpc) is 2.58. The van der Waals surface area contributed by atoms with Crippen LogP contribution < -0.4 is 5.32 Å². The Morgan fingerprint density at radius 3 is 2.11 bits per heavy atom. The van der Waals surface area contributed by atoms with E-state index in [1.807, 2.05) is 13.8 Å². The van der Waals surface area contributed by atoms with Crippen LogP contribution in [-0.4, -0.2) is 61.0 Å². The number of carbonyl (C=O) groups is 2. The van der Waals surface area contributed by atoms with Gasteiger partial charge in [-0.05, 0) is 44.0 Å². The van der Waals surface area contributed by atoms with Crippen LogP contribution in [-0.2, 0) is 19.6 Å². The first-order valence-electron chi connectivity index (χ1n) is 8.81. The Labute approximate surface area is 159 Å². The zero-order chi connectivity index (χ0) is 20.4. The van der Waals surface area contributed by atoms with E-state index in [0.29, 0.717) is 0 Å². The van der Waals surface area contributed by atoms with Gasteiger partial charge in [-0.15, -0.1) is 0 Å². The summed E-state index contributed by atoms with van der Waals surface area (Å²) >= 11 is 0. The third-order valence-electron chi connectivity index (χ3n) is 4.36. The maximum absolute atomic E-state index is 12.8. The molecule has 27 heavy (non-hydrogen) atoms. The quantitative estimate of drug-likeness (QED) is 0.747. The monoisotopic (exact) mass is 398 g/mol. The predicted octanol–water partition coefficient (Wildman–Crippen LogP) is 1.32. The molecule has 1 aliphatic heterocycles. The average molecular weight is 398 g/mol. The molecule has 1 amide bonds. The second-order valence-electron chi connectivity index (χ2n) is 7.14. The van der Waals surface area contributed by atoms with Crippen molar-refractivity contribution in [2.45, 2.75) is 50.8 Å². The maximum Gasteiger partial charge on any atom is 0.326 e. The number of ether oxygens (including phenoxy) is 1. The molecular weight excluding hydrogens is 372 g/mol. The number of hydrogen-bond acceptors (Lipinski definition) is 5. The van der Waals surface area contributed by atoms with E-state index in [-0.39, 0.29) is 41.7 Å². The molecule has 1 saturated heterocycles. The number of rotatable bonds is 6. The Kier molecular flexibility index (Phi) is 6.61. The molecule has 1 heterocycles. The lowest BCUT2D eigenvalue weighted by Gasteiger charge is -2.34. The van der Waals surface area contributed by atoms with Crippen molar-refractivity contribution in [2.75, 3.05) is 13.1 Å². The van der Waals surface area contributed by atoms with Crippen molar-refractivity contribution >= 4 is 21.9 Å². The summed E-state index contributed by atoms with van der Waals surface area (Å²) in [5, 5.41) is 11.6. The molecule has 0 saturated carbocycles. The van der Waals surface area contributed by atoms with Crippen molar-refractivity contribution < 1.29 is 27.9 Å². The van der Waals surface area contributed by atoms with E-state index in [1.54, 1.807) is 13.8 Å². The van der Waals surface area contributed by atoms with Gasteiger partial charge in [-0.3, -0.25) is 4.79 Å². The van der Waals surface area contributed by atoms with Gasteiger partial charge in [0, 0.05) is 18.7 Å². The van der Waals surface area contributed by atoms with Crippen LogP contribution in [0.15, 0.2) is 29.2 Å². The predicted molar refractivity (Wildman–Crippen MR) is 98.9 cm³/mol. The number of sulfonamides is 1. The smallest absolute Gasteiger partial charge is 0.326 e. The fraction of sp³-hybridized carbons (Fsp3) is 0.556. The van der Waals surface area contributed by atoms with Crippen LogP contribution in [0.2, 0.25) is 0 Å². The Balaban J connectivity index is 2.16. The minimum Gasteiger partial charge on any atom is -0.480 e. The largest absolute Gasteiger partial charge is 0.480 e. The minimum atomic E-state index is -3.69. The number of hydrogen-bond donors (Lipinski definition) is 2. The van der Waals surface area contributed by atoms with Crippen LogP contribution >= 0.6 is 0 Å². The molecule has 9 heteroatoms. The zero-order valence-corrected chi connectivity index (χ0v) is 16.7. The van der Waals surface area contributed by atoms with Gasteiger partial charge in [-0.25, -0.2) is 13.2 Å². The van der Waals surface area contributed by atoms with E-state index in [9.17, 15) is 18.0 Å². The number of carbonyl (C=O) groups excluding carboxylic acids is 1. The van der Waals surface area contributed by atoms with E-state index in [4.69, 9.17) is 9.84 Å². The molecule has 0 aliphatic carbocycles. The van der Waals surface area contributed by atoms with Crippen LogP contribution in [0.5, 0.6) is 0 Å². The van der Waals surface area contributed by atoms with Crippen molar-refractivity contribution in [1.82, 2.24) is 9.62 Å². The Morgan fingerprint density at radius 1 is 1.15 bits per heavy atom. The first-order valence-corrected chi connectivity index (χ1v) is 10.3. The number of nitrogens with one attached hydrogen (secondary N) is 1. The van der Waals surface area contributed by atoms with E-state index >= 15 is 0 Å². The lowest BCUT2D eigenvalue weighted by molar-refractivity contribution is -0.140. The molecule has 0 unspecified atom stereocenters. The summed E-state index contributed by atoms with van der Waals surface area (Å²) in [6, 6.07) is 4.47. The first kappa shape index (κ1) is 21.3. The molecule has 2 N–H and O–H groups in total. The van der Waals surface area contributed by atoms with E-state index in [1.165, 1.54) is 28.6 Å². The highest BCUT2D eigenvalue weighted by Crippen LogP contribution is 2.21. The highest BCUT2D eigenvalue weighted by Gasteiger charge is 2.32. The lowest BCUT2D eigenvalue weighted by Crippen LogP contribution is -2.48. The van der Waals surface area contributed by atoms with Crippen molar-refractivity contribution in [3.8, 4) is 0 Å². The number of aliphatic carboxylic acids is 1. The normalized spacial score (nSPS) is 22.4. The van der Waals surface area contributed by atoms with Crippen molar-refractivity contribution in [3.63, 3.8) is 0 Å². The van der Waals surface area contributed by atoms with Gasteiger partial charge in [0.1, 0.15) is 6.04 Å². The number of benzene rings is 1. The Hall–Kier alpha value is -1.97. The molecule has 0 bridgehead atoms. The summed E-state index contributed by atoms with van der Waals surface area (Å²) in [7, 11) is -3.69. The first-order chi connectivity index (χ1) is 12.5. The fourth-order valence-electron chi connectivity index (χ4n) is 2.99. The second kappa shape index (κ2) is 8.37. The molecule has 1 fully saturated rings. The number of carboxylic acid groups (broad SMARTS) is 1. The lowest BCUT2D eigenvalue weighted by atomic mass is 10.0. The molecule has 1 aromatic carbocycles. The van der Waals surface area contributed by atoms with Crippen molar-refractivity contribution in [3.05, 3.63) is 29.8 Å². The van der Waals surface area contributed by atoms with Gasteiger partial charge in [-0.1, -0.05) is 13.8 Å². The van der Waals surface area contributed by atoms with Crippen molar-refractivity contribution in [1.29, 1.82) is 0 Å². The molecule has 1 aliphatic rings. The van der Waals surface area contributed by atoms with Gasteiger partial charge in [0.05, 0.1) is 17.1 Å². The van der Waals surface area contributed by atoms with E-state index in [0.717, 1.165) is 0 Å². The molecule has 0 spiro atoms. The van der Waals surface area contributed by atoms with Crippen LogP contribution in [0.3, 0.4) is 0 Å². The molecule has 0 aromatic heterocycles. The zero-order valence-electron chi connectivity index (χ0n) is 15.9. The van der Waals surface area contributed by atoms with Gasteiger partial charge in [0.15, 0.2) is 0 Å². The van der Waals surface area contributed by atoms with Crippen molar-refractivity contribution in [2.24, 2.45) is 5.92 Å². The molecule has 3 atom stereocenters. The standard InChI is InChI=1S/C18H26N2O6S/c1-11(2)16(18(22)23)19-17(21)14-5-7-15(8-6-14)27(24,25)20-9-12(3)26-13(4)10-20/h5-8,11-13,16H,9-10H2,1-4H3,(H,19,21)(H,22,23)/t12-,13-,16-/m1/s1. The van der Waals surface area contributed by atoms with Crippen LogP contribution in [0.1, 0.15) is 38.1 Å². The van der Waals surface area contributed by atoms with E-state index < -0.39 is 27.9 Å². The number of nitrogens with zero attached hydrogens (tertiary/aromatic N) is 1. The molecular formula is C18H26N2O6S. The van der Waals surface area contributed by atoms with Gasteiger partial charge in [0.2, 0.25) is 10.0 Å². The third-order valence-corrected chi connectivity index (χ3v) is 6.21. The second-order valence-corrected chi connectivity index (χ2v) is 9.08. The van der Waals surface area contributed by atoms with Gasteiger partial charge >= 0.3 is 5.97 Å².